The van der Waals surface area contributed by atoms with Crippen LogP contribution >= 0.6 is 15.9 Å². The van der Waals surface area contributed by atoms with Crippen LogP contribution in [0.25, 0.3) is 10.8 Å². The van der Waals surface area contributed by atoms with Gasteiger partial charge in [-0.25, -0.2) is 9.37 Å². The van der Waals surface area contributed by atoms with Crippen molar-refractivity contribution in [2.24, 2.45) is 0 Å². The van der Waals surface area contributed by atoms with Gasteiger partial charge in [0.25, 0.3) is 0 Å². The monoisotopic (exact) mass is 268 g/mol. The van der Waals surface area contributed by atoms with Crippen molar-refractivity contribution in [2.75, 3.05) is 11.9 Å². The Bertz CT molecular complexity index is 499. The van der Waals surface area contributed by atoms with E-state index >= 15 is 0 Å². The molecule has 4 heteroatoms. The minimum atomic E-state index is -0.235. The van der Waals surface area contributed by atoms with Crippen molar-refractivity contribution in [1.82, 2.24) is 4.98 Å². The number of benzene rings is 1. The van der Waals surface area contributed by atoms with Crippen LogP contribution in [0.4, 0.5) is 10.2 Å². The molecule has 78 valence electrons. The second-order valence-corrected chi connectivity index (χ2v) is 4.09. The molecule has 1 aromatic heterocycles. The third-order valence-corrected chi connectivity index (χ3v) is 2.60. The highest BCUT2D eigenvalue weighted by molar-refractivity contribution is 9.10. The number of fused-ring (bicyclic) bond motifs is 1. The van der Waals surface area contributed by atoms with Crippen molar-refractivity contribution in [3.05, 3.63) is 34.7 Å². The first-order valence-corrected chi connectivity index (χ1v) is 5.49. The molecule has 0 radical (unpaired) electrons. The summed E-state index contributed by atoms with van der Waals surface area (Å²) in [6, 6.07) is 5.00. The predicted octanol–water partition coefficient (Wildman–Crippen LogP) is 3.57. The standard InChI is InChI=1S/C11H10BrFN2/c1-2-14-11-9-5-7(12)6-10(13)8(9)3-4-15-11/h3-6H,2H2,1H3,(H,14,15). The number of nitrogens with one attached hydrogen (secondary N) is 1. The van der Waals surface area contributed by atoms with Crippen LogP contribution in [0.1, 0.15) is 6.92 Å². The first-order valence-electron chi connectivity index (χ1n) is 4.70. The fourth-order valence-corrected chi connectivity index (χ4v) is 1.94. The molecule has 0 saturated heterocycles. The highest BCUT2D eigenvalue weighted by atomic mass is 79.9. The lowest BCUT2D eigenvalue weighted by Crippen LogP contribution is -2.00. The zero-order valence-electron chi connectivity index (χ0n) is 8.22. The van der Waals surface area contributed by atoms with Gasteiger partial charge in [-0.2, -0.15) is 0 Å². The lowest BCUT2D eigenvalue weighted by Gasteiger charge is -2.07. The van der Waals surface area contributed by atoms with E-state index in [1.54, 1.807) is 12.3 Å². The van der Waals surface area contributed by atoms with Gasteiger partial charge >= 0.3 is 0 Å². The van der Waals surface area contributed by atoms with Gasteiger partial charge in [0.2, 0.25) is 0 Å². The summed E-state index contributed by atoms with van der Waals surface area (Å²) in [4.78, 5) is 4.18. The van der Waals surface area contributed by atoms with Gasteiger partial charge in [-0.1, -0.05) is 15.9 Å². The zero-order valence-corrected chi connectivity index (χ0v) is 9.81. The molecule has 0 aliphatic heterocycles. The maximum Gasteiger partial charge on any atom is 0.133 e. The minimum Gasteiger partial charge on any atom is -0.370 e. The Balaban J connectivity index is 2.73. The first-order chi connectivity index (χ1) is 7.22. The molecule has 0 aliphatic carbocycles. The maximum atomic E-state index is 13.6. The number of halogens is 2. The summed E-state index contributed by atoms with van der Waals surface area (Å²) in [5.41, 5.74) is 0. The van der Waals surface area contributed by atoms with Crippen molar-refractivity contribution in [3.63, 3.8) is 0 Å². The molecule has 0 fully saturated rings. The molecule has 2 rings (SSSR count). The molecule has 0 atom stereocenters. The highest BCUT2D eigenvalue weighted by Crippen LogP contribution is 2.27. The largest absolute Gasteiger partial charge is 0.370 e. The van der Waals surface area contributed by atoms with E-state index in [0.29, 0.717) is 5.39 Å². The van der Waals surface area contributed by atoms with E-state index in [0.717, 1.165) is 22.2 Å². The molecule has 0 spiro atoms. The smallest absolute Gasteiger partial charge is 0.133 e. The van der Waals surface area contributed by atoms with Crippen LogP contribution in [-0.4, -0.2) is 11.5 Å². The molecule has 1 heterocycles. The average Bonchev–Trinajstić information content (AvgIpc) is 2.19. The van der Waals surface area contributed by atoms with E-state index in [2.05, 4.69) is 26.2 Å². The normalized spacial score (nSPS) is 10.6. The van der Waals surface area contributed by atoms with Crippen LogP contribution in [0.3, 0.4) is 0 Å². The number of hydrogen-bond acceptors (Lipinski definition) is 2. The molecule has 2 aromatic rings. The Morgan fingerprint density at radius 3 is 2.93 bits per heavy atom. The number of rotatable bonds is 2. The van der Waals surface area contributed by atoms with Gasteiger partial charge in [0.15, 0.2) is 0 Å². The van der Waals surface area contributed by atoms with E-state index in [4.69, 9.17) is 0 Å². The van der Waals surface area contributed by atoms with E-state index in [-0.39, 0.29) is 5.82 Å². The van der Waals surface area contributed by atoms with Crippen LogP contribution in [0.2, 0.25) is 0 Å². The van der Waals surface area contributed by atoms with Crippen LogP contribution in [0, 0.1) is 5.82 Å². The highest BCUT2D eigenvalue weighted by Gasteiger charge is 2.06. The van der Waals surface area contributed by atoms with Crippen LogP contribution in [0.15, 0.2) is 28.9 Å². The van der Waals surface area contributed by atoms with E-state index in [1.165, 1.54) is 6.07 Å². The second kappa shape index (κ2) is 4.14. The average molecular weight is 269 g/mol. The summed E-state index contributed by atoms with van der Waals surface area (Å²) in [7, 11) is 0. The summed E-state index contributed by atoms with van der Waals surface area (Å²) in [6.45, 7) is 2.75. The van der Waals surface area contributed by atoms with Crippen LogP contribution < -0.4 is 5.32 Å². The summed E-state index contributed by atoms with van der Waals surface area (Å²) < 4.78 is 14.3. The molecule has 0 saturated carbocycles. The van der Waals surface area contributed by atoms with E-state index < -0.39 is 0 Å². The van der Waals surface area contributed by atoms with Crippen LogP contribution in [-0.2, 0) is 0 Å². The minimum absolute atomic E-state index is 0.235. The van der Waals surface area contributed by atoms with Crippen molar-refractivity contribution in [2.45, 2.75) is 6.92 Å². The summed E-state index contributed by atoms with van der Waals surface area (Å²) >= 11 is 3.27. The Labute approximate surface area is 95.6 Å². The molecule has 0 bridgehead atoms. The Morgan fingerprint density at radius 2 is 2.20 bits per heavy atom. The third kappa shape index (κ3) is 1.95. The number of anilines is 1. The van der Waals surface area contributed by atoms with Gasteiger partial charge in [0.1, 0.15) is 11.6 Å². The number of pyridine rings is 1. The molecular formula is C11H10BrFN2. The van der Waals surface area contributed by atoms with Gasteiger partial charge < -0.3 is 5.32 Å². The maximum absolute atomic E-state index is 13.6. The quantitative estimate of drug-likeness (QED) is 0.901. The lowest BCUT2D eigenvalue weighted by atomic mass is 10.1. The molecule has 1 aromatic carbocycles. The van der Waals surface area contributed by atoms with E-state index in [9.17, 15) is 4.39 Å². The molecule has 2 nitrogen and oxygen atoms in total. The number of aromatic nitrogens is 1. The molecule has 0 aliphatic rings. The fourth-order valence-electron chi connectivity index (χ4n) is 1.51. The SMILES string of the molecule is CCNc1nccc2c(F)cc(Br)cc12. The van der Waals surface area contributed by atoms with Gasteiger partial charge in [-0.3, -0.25) is 0 Å². The fraction of sp³-hybridized carbons (Fsp3) is 0.182. The summed E-state index contributed by atoms with van der Waals surface area (Å²) in [6.07, 6.45) is 1.61. The first kappa shape index (κ1) is 10.4. The van der Waals surface area contributed by atoms with Gasteiger partial charge in [-0.05, 0) is 25.1 Å². The van der Waals surface area contributed by atoms with Crippen molar-refractivity contribution in [1.29, 1.82) is 0 Å². The van der Waals surface area contributed by atoms with Crippen molar-refractivity contribution < 1.29 is 4.39 Å². The zero-order chi connectivity index (χ0) is 10.8. The second-order valence-electron chi connectivity index (χ2n) is 3.17. The molecular weight excluding hydrogens is 259 g/mol. The Hall–Kier alpha value is -1.16. The van der Waals surface area contributed by atoms with Crippen molar-refractivity contribution in [3.8, 4) is 0 Å². The molecule has 1 N–H and O–H groups in total. The van der Waals surface area contributed by atoms with Gasteiger partial charge in [-0.15, -0.1) is 0 Å². The lowest BCUT2D eigenvalue weighted by molar-refractivity contribution is 0.639. The summed E-state index contributed by atoms with van der Waals surface area (Å²) in [5.74, 6) is 0.483. The molecule has 0 unspecified atom stereocenters. The number of hydrogen-bond donors (Lipinski definition) is 1. The third-order valence-electron chi connectivity index (χ3n) is 2.14. The van der Waals surface area contributed by atoms with Crippen molar-refractivity contribution >= 4 is 32.5 Å². The van der Waals surface area contributed by atoms with Gasteiger partial charge in [0.05, 0.1) is 0 Å². The summed E-state index contributed by atoms with van der Waals surface area (Å²) in [5, 5.41) is 4.49. The molecule has 15 heavy (non-hydrogen) atoms. The Morgan fingerprint density at radius 1 is 1.40 bits per heavy atom. The number of nitrogens with zero attached hydrogens (tertiary/aromatic N) is 1. The van der Waals surface area contributed by atoms with Crippen LogP contribution in [0.5, 0.6) is 0 Å². The topological polar surface area (TPSA) is 24.9 Å². The predicted molar refractivity (Wildman–Crippen MR) is 63.6 cm³/mol. The van der Waals surface area contributed by atoms with Gasteiger partial charge in [0, 0.05) is 28.0 Å². The molecule has 0 amide bonds. The Kier molecular flexibility index (Phi) is 2.86. The van der Waals surface area contributed by atoms with E-state index in [1.807, 2.05) is 13.0 Å².